The Labute approximate surface area is 83.8 Å². The number of nitrogens with one attached hydrogen (secondary N) is 1. The second kappa shape index (κ2) is 4.56. The number of benzene rings is 1. The molecule has 1 aromatic rings. The fraction of sp³-hybridized carbons (Fsp3) is 0.273. The molecule has 1 aromatic carbocycles. The largest absolute Gasteiger partial charge is 0.271 e. The first-order chi connectivity index (χ1) is 6.61. The lowest BCUT2D eigenvalue weighted by Gasteiger charge is -2.03. The first-order valence-corrected chi connectivity index (χ1v) is 4.48. The molecule has 14 heavy (non-hydrogen) atoms. The van der Waals surface area contributed by atoms with Crippen molar-refractivity contribution >= 4 is 11.6 Å². The van der Waals surface area contributed by atoms with Crippen molar-refractivity contribution < 1.29 is 4.79 Å². The van der Waals surface area contributed by atoms with Gasteiger partial charge in [-0.2, -0.15) is 5.10 Å². The number of carbonyl (C=O) groups excluding carboxylic acids is 1. The summed E-state index contributed by atoms with van der Waals surface area (Å²) < 4.78 is 0. The topological polar surface area (TPSA) is 41.5 Å². The standard InChI is InChI=1S/C11H14N2O/c1-8(2)12-13-11(14)10-7-5-4-6-9(10)3/h4-7H,1-3H3,(H,13,14). The highest BCUT2D eigenvalue weighted by atomic mass is 16.2. The Balaban J connectivity index is 2.80. The summed E-state index contributed by atoms with van der Waals surface area (Å²) in [7, 11) is 0. The Morgan fingerprint density at radius 2 is 1.93 bits per heavy atom. The zero-order chi connectivity index (χ0) is 10.6. The van der Waals surface area contributed by atoms with Gasteiger partial charge in [0, 0.05) is 11.3 Å². The number of amides is 1. The van der Waals surface area contributed by atoms with Gasteiger partial charge in [-0.15, -0.1) is 0 Å². The van der Waals surface area contributed by atoms with Crippen LogP contribution in [0.3, 0.4) is 0 Å². The second-order valence-electron chi connectivity index (χ2n) is 3.31. The Morgan fingerprint density at radius 3 is 2.50 bits per heavy atom. The van der Waals surface area contributed by atoms with Crippen LogP contribution in [0.15, 0.2) is 29.4 Å². The predicted octanol–water partition coefficient (Wildman–Crippen LogP) is 2.12. The number of rotatable bonds is 2. The summed E-state index contributed by atoms with van der Waals surface area (Å²) in [5.74, 6) is -0.163. The fourth-order valence-electron chi connectivity index (χ4n) is 1.05. The molecule has 0 unspecified atom stereocenters. The molecule has 0 saturated heterocycles. The van der Waals surface area contributed by atoms with E-state index in [-0.39, 0.29) is 5.91 Å². The summed E-state index contributed by atoms with van der Waals surface area (Å²) in [4.78, 5) is 11.6. The third-order valence-corrected chi connectivity index (χ3v) is 1.77. The van der Waals surface area contributed by atoms with Crippen molar-refractivity contribution in [3.8, 4) is 0 Å². The van der Waals surface area contributed by atoms with E-state index in [1.807, 2.05) is 39.0 Å². The normalized spacial score (nSPS) is 9.36. The van der Waals surface area contributed by atoms with Crippen molar-refractivity contribution in [1.82, 2.24) is 5.43 Å². The molecule has 74 valence electrons. The summed E-state index contributed by atoms with van der Waals surface area (Å²) in [5, 5.41) is 3.86. The van der Waals surface area contributed by atoms with Crippen LogP contribution in [0, 0.1) is 6.92 Å². The van der Waals surface area contributed by atoms with Gasteiger partial charge >= 0.3 is 0 Å². The van der Waals surface area contributed by atoms with Crippen LogP contribution in [-0.4, -0.2) is 11.6 Å². The zero-order valence-corrected chi connectivity index (χ0v) is 8.66. The zero-order valence-electron chi connectivity index (χ0n) is 8.66. The maximum Gasteiger partial charge on any atom is 0.271 e. The second-order valence-corrected chi connectivity index (χ2v) is 3.31. The summed E-state index contributed by atoms with van der Waals surface area (Å²) in [6.45, 7) is 5.56. The maximum absolute atomic E-state index is 11.6. The van der Waals surface area contributed by atoms with Crippen LogP contribution in [0.2, 0.25) is 0 Å². The quantitative estimate of drug-likeness (QED) is 0.563. The molecule has 0 aliphatic carbocycles. The van der Waals surface area contributed by atoms with Gasteiger partial charge in [0.15, 0.2) is 0 Å². The smallest absolute Gasteiger partial charge is 0.267 e. The lowest BCUT2D eigenvalue weighted by atomic mass is 10.1. The molecule has 0 fully saturated rings. The molecule has 1 N–H and O–H groups in total. The number of hydrazone groups is 1. The van der Waals surface area contributed by atoms with Gasteiger partial charge in [-0.25, -0.2) is 5.43 Å². The number of aryl methyl sites for hydroxylation is 1. The highest BCUT2D eigenvalue weighted by Crippen LogP contribution is 2.06. The van der Waals surface area contributed by atoms with Gasteiger partial charge in [0.1, 0.15) is 0 Å². The molecular weight excluding hydrogens is 176 g/mol. The predicted molar refractivity (Wildman–Crippen MR) is 57.4 cm³/mol. The summed E-state index contributed by atoms with van der Waals surface area (Å²) in [6.07, 6.45) is 0. The molecule has 0 radical (unpaired) electrons. The van der Waals surface area contributed by atoms with E-state index in [2.05, 4.69) is 10.5 Å². The molecule has 0 aliphatic heterocycles. The van der Waals surface area contributed by atoms with E-state index in [1.165, 1.54) is 0 Å². The number of hydrogen-bond acceptors (Lipinski definition) is 2. The van der Waals surface area contributed by atoms with Crippen LogP contribution in [0.25, 0.3) is 0 Å². The third kappa shape index (κ3) is 2.69. The van der Waals surface area contributed by atoms with Gasteiger partial charge in [-0.1, -0.05) is 18.2 Å². The van der Waals surface area contributed by atoms with Crippen molar-refractivity contribution in [3.05, 3.63) is 35.4 Å². The Morgan fingerprint density at radius 1 is 1.29 bits per heavy atom. The van der Waals surface area contributed by atoms with E-state index in [4.69, 9.17) is 0 Å². The van der Waals surface area contributed by atoms with Gasteiger partial charge in [-0.05, 0) is 32.4 Å². The van der Waals surface area contributed by atoms with Crippen LogP contribution in [-0.2, 0) is 0 Å². The van der Waals surface area contributed by atoms with Crippen molar-refractivity contribution in [1.29, 1.82) is 0 Å². The average molecular weight is 190 g/mol. The molecule has 0 spiro atoms. The minimum Gasteiger partial charge on any atom is -0.267 e. The highest BCUT2D eigenvalue weighted by molar-refractivity contribution is 5.96. The summed E-state index contributed by atoms with van der Waals surface area (Å²) in [5.41, 5.74) is 4.93. The van der Waals surface area contributed by atoms with Crippen molar-refractivity contribution in [2.45, 2.75) is 20.8 Å². The monoisotopic (exact) mass is 190 g/mol. The van der Waals surface area contributed by atoms with Gasteiger partial charge in [-0.3, -0.25) is 4.79 Å². The average Bonchev–Trinajstić information content (AvgIpc) is 2.15. The molecule has 0 atom stereocenters. The molecular formula is C11H14N2O. The SMILES string of the molecule is CC(C)=NNC(=O)c1ccccc1C. The maximum atomic E-state index is 11.6. The van der Waals surface area contributed by atoms with Gasteiger partial charge in [0.25, 0.3) is 5.91 Å². The molecule has 0 aromatic heterocycles. The van der Waals surface area contributed by atoms with E-state index in [0.29, 0.717) is 5.56 Å². The van der Waals surface area contributed by atoms with E-state index in [0.717, 1.165) is 11.3 Å². The molecule has 1 rings (SSSR count). The summed E-state index contributed by atoms with van der Waals surface area (Å²) >= 11 is 0. The van der Waals surface area contributed by atoms with Gasteiger partial charge in [0.2, 0.25) is 0 Å². The molecule has 0 aliphatic rings. The molecule has 3 heteroatoms. The first-order valence-electron chi connectivity index (χ1n) is 4.48. The Kier molecular flexibility index (Phi) is 3.40. The molecule has 0 bridgehead atoms. The third-order valence-electron chi connectivity index (χ3n) is 1.77. The van der Waals surface area contributed by atoms with E-state index in [1.54, 1.807) is 6.07 Å². The van der Waals surface area contributed by atoms with Crippen LogP contribution in [0.5, 0.6) is 0 Å². The van der Waals surface area contributed by atoms with Crippen LogP contribution >= 0.6 is 0 Å². The van der Waals surface area contributed by atoms with Crippen molar-refractivity contribution in [2.75, 3.05) is 0 Å². The van der Waals surface area contributed by atoms with Crippen molar-refractivity contribution in [2.24, 2.45) is 5.10 Å². The van der Waals surface area contributed by atoms with Gasteiger partial charge in [0.05, 0.1) is 0 Å². The molecule has 1 amide bonds. The van der Waals surface area contributed by atoms with Crippen molar-refractivity contribution in [3.63, 3.8) is 0 Å². The number of carbonyl (C=O) groups is 1. The van der Waals surface area contributed by atoms with E-state index >= 15 is 0 Å². The molecule has 0 heterocycles. The molecule has 3 nitrogen and oxygen atoms in total. The first kappa shape index (κ1) is 10.4. The van der Waals surface area contributed by atoms with E-state index < -0.39 is 0 Å². The lowest BCUT2D eigenvalue weighted by molar-refractivity contribution is 0.0954. The number of hydrogen-bond donors (Lipinski definition) is 1. The highest BCUT2D eigenvalue weighted by Gasteiger charge is 2.05. The minimum absolute atomic E-state index is 0.163. The number of nitrogens with zero attached hydrogens (tertiary/aromatic N) is 1. The minimum atomic E-state index is -0.163. The van der Waals surface area contributed by atoms with Crippen LogP contribution in [0.4, 0.5) is 0 Å². The van der Waals surface area contributed by atoms with Crippen LogP contribution < -0.4 is 5.43 Å². The lowest BCUT2D eigenvalue weighted by Crippen LogP contribution is -2.19. The Hall–Kier alpha value is -1.64. The van der Waals surface area contributed by atoms with Crippen LogP contribution in [0.1, 0.15) is 29.8 Å². The molecule has 0 saturated carbocycles. The van der Waals surface area contributed by atoms with Gasteiger partial charge < -0.3 is 0 Å². The fourth-order valence-corrected chi connectivity index (χ4v) is 1.05. The summed E-state index contributed by atoms with van der Waals surface area (Å²) in [6, 6.07) is 7.42. The Bertz CT molecular complexity index is 365. The van der Waals surface area contributed by atoms with E-state index in [9.17, 15) is 4.79 Å².